The Morgan fingerprint density at radius 1 is 1.11 bits per heavy atom. The van der Waals surface area contributed by atoms with Gasteiger partial charge < -0.3 is 10.2 Å². The maximum Gasteiger partial charge on any atom is 0.210 e. The fraction of sp³-hybridized carbons (Fsp3) is 0.357. The highest BCUT2D eigenvalue weighted by atomic mass is 15.3. The van der Waals surface area contributed by atoms with Gasteiger partial charge in [0.1, 0.15) is 0 Å². The minimum absolute atomic E-state index is 1.02. The molecule has 1 N–H and O–H groups in total. The van der Waals surface area contributed by atoms with Crippen LogP contribution in [0.5, 0.6) is 0 Å². The van der Waals surface area contributed by atoms with E-state index in [2.05, 4.69) is 51.0 Å². The van der Waals surface area contributed by atoms with Gasteiger partial charge >= 0.3 is 0 Å². The molecule has 0 spiro atoms. The first kappa shape index (κ1) is 11.3. The zero-order valence-corrected chi connectivity index (χ0v) is 10.6. The molecule has 18 heavy (non-hydrogen) atoms. The number of imidazole rings is 1. The first-order valence-electron chi connectivity index (χ1n) is 6.41. The van der Waals surface area contributed by atoms with Crippen molar-refractivity contribution in [1.29, 1.82) is 0 Å². The first-order valence-corrected chi connectivity index (χ1v) is 6.41. The largest absolute Gasteiger partial charge is 0.339 e. The second-order valence-corrected chi connectivity index (χ2v) is 4.67. The summed E-state index contributed by atoms with van der Waals surface area (Å²) in [6.45, 7) is 6.20. The number of piperazine rings is 1. The van der Waals surface area contributed by atoms with Crippen molar-refractivity contribution in [3.05, 3.63) is 42.2 Å². The highest BCUT2D eigenvalue weighted by Gasteiger charge is 2.15. The van der Waals surface area contributed by atoms with Gasteiger partial charge in [-0.2, -0.15) is 0 Å². The predicted octanol–water partition coefficient (Wildman–Crippen LogP) is 1.59. The third kappa shape index (κ3) is 2.11. The van der Waals surface area contributed by atoms with E-state index in [1.807, 2.05) is 12.4 Å². The molecule has 0 radical (unpaired) electrons. The molecule has 2 heterocycles. The average molecular weight is 242 g/mol. The first-order chi connectivity index (χ1) is 8.84. The third-order valence-electron chi connectivity index (χ3n) is 3.33. The van der Waals surface area contributed by atoms with E-state index in [9.17, 15) is 0 Å². The monoisotopic (exact) mass is 242 g/mol. The number of anilines is 1. The molecule has 1 aliphatic rings. The van der Waals surface area contributed by atoms with Crippen LogP contribution >= 0.6 is 0 Å². The van der Waals surface area contributed by atoms with Gasteiger partial charge in [0.05, 0.1) is 0 Å². The summed E-state index contributed by atoms with van der Waals surface area (Å²) in [4.78, 5) is 6.83. The molecule has 0 atom stereocenters. The molecule has 0 bridgehead atoms. The minimum atomic E-state index is 1.02. The van der Waals surface area contributed by atoms with Crippen molar-refractivity contribution in [1.82, 2.24) is 14.9 Å². The summed E-state index contributed by atoms with van der Waals surface area (Å²) in [5.74, 6) is 1.04. The average Bonchev–Trinajstić information content (AvgIpc) is 2.90. The van der Waals surface area contributed by atoms with Gasteiger partial charge in [0, 0.05) is 44.3 Å². The third-order valence-corrected chi connectivity index (χ3v) is 3.33. The Bertz CT molecular complexity index is 509. The van der Waals surface area contributed by atoms with Gasteiger partial charge in [-0.3, -0.25) is 4.57 Å². The molecule has 0 saturated carbocycles. The Morgan fingerprint density at radius 2 is 1.83 bits per heavy atom. The fourth-order valence-corrected chi connectivity index (χ4v) is 2.30. The zero-order valence-electron chi connectivity index (χ0n) is 10.6. The number of benzene rings is 1. The van der Waals surface area contributed by atoms with Crippen molar-refractivity contribution in [2.45, 2.75) is 6.92 Å². The quantitative estimate of drug-likeness (QED) is 0.868. The van der Waals surface area contributed by atoms with E-state index in [1.54, 1.807) is 0 Å². The van der Waals surface area contributed by atoms with E-state index in [0.29, 0.717) is 0 Å². The molecule has 1 aromatic heterocycles. The lowest BCUT2D eigenvalue weighted by Crippen LogP contribution is -2.44. The van der Waals surface area contributed by atoms with E-state index < -0.39 is 0 Å². The Hall–Kier alpha value is -1.81. The molecular formula is C14H18N4. The van der Waals surface area contributed by atoms with Gasteiger partial charge in [0.2, 0.25) is 5.95 Å². The van der Waals surface area contributed by atoms with Crippen molar-refractivity contribution < 1.29 is 0 Å². The van der Waals surface area contributed by atoms with Gasteiger partial charge in [-0.15, -0.1) is 0 Å². The van der Waals surface area contributed by atoms with Crippen molar-refractivity contribution in [2.75, 3.05) is 31.1 Å². The number of hydrogen-bond donors (Lipinski definition) is 1. The molecule has 1 aromatic carbocycles. The summed E-state index contributed by atoms with van der Waals surface area (Å²) >= 11 is 0. The van der Waals surface area contributed by atoms with Crippen molar-refractivity contribution in [3.63, 3.8) is 0 Å². The zero-order chi connectivity index (χ0) is 12.4. The number of nitrogens with one attached hydrogen (secondary N) is 1. The van der Waals surface area contributed by atoms with E-state index in [1.165, 1.54) is 11.3 Å². The molecule has 0 unspecified atom stereocenters. The number of nitrogens with zero attached hydrogens (tertiary/aromatic N) is 3. The van der Waals surface area contributed by atoms with Crippen LogP contribution in [0.25, 0.3) is 5.69 Å². The Morgan fingerprint density at radius 3 is 2.56 bits per heavy atom. The summed E-state index contributed by atoms with van der Waals surface area (Å²) in [6.07, 6.45) is 3.90. The molecule has 1 fully saturated rings. The number of rotatable bonds is 2. The maximum atomic E-state index is 4.50. The van der Waals surface area contributed by atoms with E-state index in [0.717, 1.165) is 32.1 Å². The lowest BCUT2D eigenvalue weighted by atomic mass is 10.2. The van der Waals surface area contributed by atoms with E-state index in [4.69, 9.17) is 0 Å². The van der Waals surface area contributed by atoms with Crippen LogP contribution in [0.1, 0.15) is 5.56 Å². The Balaban J connectivity index is 1.93. The van der Waals surface area contributed by atoms with Crippen LogP contribution in [0, 0.1) is 6.92 Å². The number of aromatic nitrogens is 2. The predicted molar refractivity (Wildman–Crippen MR) is 73.4 cm³/mol. The van der Waals surface area contributed by atoms with Gasteiger partial charge in [-0.05, 0) is 19.1 Å². The van der Waals surface area contributed by atoms with Crippen LogP contribution in [0.15, 0.2) is 36.7 Å². The van der Waals surface area contributed by atoms with Gasteiger partial charge in [-0.25, -0.2) is 4.98 Å². The Labute approximate surface area is 107 Å². The van der Waals surface area contributed by atoms with Crippen molar-refractivity contribution >= 4 is 5.95 Å². The number of aryl methyl sites for hydroxylation is 1. The molecule has 1 saturated heterocycles. The fourth-order valence-electron chi connectivity index (χ4n) is 2.30. The van der Waals surface area contributed by atoms with Crippen LogP contribution in [-0.4, -0.2) is 35.7 Å². The van der Waals surface area contributed by atoms with Gasteiger partial charge in [0.15, 0.2) is 0 Å². The second-order valence-electron chi connectivity index (χ2n) is 4.67. The standard InChI is InChI=1S/C14H18N4/c1-12-2-4-13(5-3-12)18-11-8-16-14(18)17-9-6-15-7-10-17/h2-5,8,11,15H,6-7,9-10H2,1H3. The smallest absolute Gasteiger partial charge is 0.210 e. The lowest BCUT2D eigenvalue weighted by Gasteiger charge is -2.28. The van der Waals surface area contributed by atoms with Crippen LogP contribution in [0.3, 0.4) is 0 Å². The maximum absolute atomic E-state index is 4.50. The molecule has 4 heteroatoms. The number of hydrogen-bond acceptors (Lipinski definition) is 3. The normalized spacial score (nSPS) is 15.9. The second kappa shape index (κ2) is 4.82. The van der Waals surface area contributed by atoms with Crippen molar-refractivity contribution in [3.8, 4) is 5.69 Å². The molecule has 0 amide bonds. The topological polar surface area (TPSA) is 33.1 Å². The molecule has 1 aliphatic heterocycles. The Kier molecular flexibility index (Phi) is 3.02. The van der Waals surface area contributed by atoms with Crippen LogP contribution in [0.2, 0.25) is 0 Å². The SMILES string of the molecule is Cc1ccc(-n2ccnc2N2CCNCC2)cc1. The molecular weight excluding hydrogens is 224 g/mol. The molecule has 0 aliphatic carbocycles. The summed E-state index contributed by atoms with van der Waals surface area (Å²) in [5, 5.41) is 3.36. The molecule has 4 nitrogen and oxygen atoms in total. The lowest BCUT2D eigenvalue weighted by molar-refractivity contribution is 0.577. The minimum Gasteiger partial charge on any atom is -0.339 e. The molecule has 3 rings (SSSR count). The molecule has 94 valence electrons. The van der Waals surface area contributed by atoms with Gasteiger partial charge in [0.25, 0.3) is 0 Å². The van der Waals surface area contributed by atoms with Crippen LogP contribution < -0.4 is 10.2 Å². The van der Waals surface area contributed by atoms with Gasteiger partial charge in [-0.1, -0.05) is 17.7 Å². The summed E-state index contributed by atoms with van der Waals surface area (Å²) < 4.78 is 2.16. The van der Waals surface area contributed by atoms with E-state index >= 15 is 0 Å². The van der Waals surface area contributed by atoms with Crippen LogP contribution in [-0.2, 0) is 0 Å². The highest BCUT2D eigenvalue weighted by molar-refractivity contribution is 5.44. The molecule has 2 aromatic rings. The van der Waals surface area contributed by atoms with Crippen LogP contribution in [0.4, 0.5) is 5.95 Å². The summed E-state index contributed by atoms with van der Waals surface area (Å²) in [7, 11) is 0. The van der Waals surface area contributed by atoms with Crippen molar-refractivity contribution in [2.24, 2.45) is 0 Å². The summed E-state index contributed by atoms with van der Waals surface area (Å²) in [6, 6.07) is 8.55. The van der Waals surface area contributed by atoms with E-state index in [-0.39, 0.29) is 0 Å². The highest BCUT2D eigenvalue weighted by Crippen LogP contribution is 2.18. The summed E-state index contributed by atoms with van der Waals surface area (Å²) in [5.41, 5.74) is 2.45.